The first-order valence-corrected chi connectivity index (χ1v) is 6.28. The maximum atomic E-state index is 11.7. The van der Waals surface area contributed by atoms with Crippen molar-refractivity contribution in [2.24, 2.45) is 5.73 Å². The number of nitrogens with two attached hydrogens (primary N) is 1. The van der Waals surface area contributed by atoms with Crippen LogP contribution in [-0.2, 0) is 17.7 Å². The summed E-state index contributed by atoms with van der Waals surface area (Å²) in [4.78, 5) is 18.7. The lowest BCUT2D eigenvalue weighted by molar-refractivity contribution is 0.0279. The minimum atomic E-state index is -0.167. The zero-order chi connectivity index (χ0) is 11.5. The van der Waals surface area contributed by atoms with Gasteiger partial charge in [-0.25, -0.2) is 5.48 Å². The minimum absolute atomic E-state index is 0.0753. The van der Waals surface area contributed by atoms with E-state index in [4.69, 9.17) is 10.6 Å². The summed E-state index contributed by atoms with van der Waals surface area (Å²) < 4.78 is 0. The van der Waals surface area contributed by atoms with E-state index in [0.717, 1.165) is 17.7 Å². The molecule has 1 aromatic rings. The second-order valence-corrected chi connectivity index (χ2v) is 5.27. The van der Waals surface area contributed by atoms with Gasteiger partial charge < -0.3 is 5.73 Å². The van der Waals surface area contributed by atoms with Crippen molar-refractivity contribution >= 4 is 17.2 Å². The molecule has 0 saturated heterocycles. The number of amides is 1. The number of thiophene rings is 1. The van der Waals surface area contributed by atoms with Crippen LogP contribution in [0.4, 0.5) is 0 Å². The molecule has 5 heteroatoms. The van der Waals surface area contributed by atoms with Crippen molar-refractivity contribution in [3.63, 3.8) is 0 Å². The molecule has 1 aliphatic rings. The molecule has 0 saturated carbocycles. The van der Waals surface area contributed by atoms with Crippen LogP contribution in [-0.4, -0.2) is 18.6 Å². The van der Waals surface area contributed by atoms with E-state index in [2.05, 4.69) is 5.48 Å². The highest BCUT2D eigenvalue weighted by Gasteiger charge is 2.18. The lowest BCUT2D eigenvalue weighted by Gasteiger charge is -2.06. The number of aryl methyl sites for hydroxylation is 2. The van der Waals surface area contributed by atoms with E-state index >= 15 is 0 Å². The Hall–Kier alpha value is -0.910. The van der Waals surface area contributed by atoms with Gasteiger partial charge in [0.2, 0.25) is 0 Å². The van der Waals surface area contributed by atoms with E-state index in [0.29, 0.717) is 6.61 Å². The molecular formula is C11H16N2O2S. The predicted octanol–water partition coefficient (Wildman–Crippen LogP) is 1.25. The van der Waals surface area contributed by atoms with E-state index in [-0.39, 0.29) is 11.9 Å². The molecule has 0 aliphatic heterocycles. The van der Waals surface area contributed by atoms with Gasteiger partial charge in [0.05, 0.1) is 11.5 Å². The monoisotopic (exact) mass is 240 g/mol. The molecular weight excluding hydrogens is 224 g/mol. The van der Waals surface area contributed by atoms with Crippen LogP contribution >= 0.6 is 11.3 Å². The average Bonchev–Trinajstić information content (AvgIpc) is 2.75. The SMILES string of the molecule is CC(N)CONC(=O)c1cc2c(s1)CCC2. The molecule has 1 unspecified atom stereocenters. The summed E-state index contributed by atoms with van der Waals surface area (Å²) in [6, 6.07) is 1.89. The molecule has 1 aromatic heterocycles. The van der Waals surface area contributed by atoms with Crippen LogP contribution in [0.15, 0.2) is 6.07 Å². The topological polar surface area (TPSA) is 64.3 Å². The first kappa shape index (κ1) is 11.6. The van der Waals surface area contributed by atoms with Gasteiger partial charge in [0, 0.05) is 10.9 Å². The van der Waals surface area contributed by atoms with E-state index in [1.807, 2.05) is 13.0 Å². The zero-order valence-electron chi connectivity index (χ0n) is 9.29. The first-order chi connectivity index (χ1) is 7.66. The molecule has 0 spiro atoms. The maximum absolute atomic E-state index is 11.7. The van der Waals surface area contributed by atoms with Crippen LogP contribution in [0.1, 0.15) is 33.5 Å². The van der Waals surface area contributed by atoms with E-state index < -0.39 is 0 Å². The fourth-order valence-corrected chi connectivity index (χ4v) is 2.87. The molecule has 88 valence electrons. The second-order valence-electron chi connectivity index (χ2n) is 4.13. The number of carbonyl (C=O) groups excluding carboxylic acids is 1. The normalized spacial score (nSPS) is 15.9. The Bertz CT molecular complexity index is 366. The second kappa shape index (κ2) is 4.95. The lowest BCUT2D eigenvalue weighted by atomic mass is 10.2. The van der Waals surface area contributed by atoms with Crippen molar-refractivity contribution in [3.8, 4) is 0 Å². The van der Waals surface area contributed by atoms with Crippen molar-refractivity contribution in [2.45, 2.75) is 32.2 Å². The Morgan fingerprint density at radius 3 is 3.19 bits per heavy atom. The number of fused-ring (bicyclic) bond motifs is 1. The third kappa shape index (κ3) is 2.61. The average molecular weight is 240 g/mol. The van der Waals surface area contributed by atoms with E-state index in [1.165, 1.54) is 16.9 Å². The number of carbonyl (C=O) groups is 1. The molecule has 3 N–H and O–H groups in total. The van der Waals surface area contributed by atoms with Gasteiger partial charge in [0.1, 0.15) is 0 Å². The Morgan fingerprint density at radius 1 is 1.69 bits per heavy atom. The predicted molar refractivity (Wildman–Crippen MR) is 63.4 cm³/mol. The van der Waals surface area contributed by atoms with Crippen LogP contribution in [0.5, 0.6) is 0 Å². The molecule has 1 amide bonds. The number of rotatable bonds is 4. The minimum Gasteiger partial charge on any atom is -0.326 e. The smallest absolute Gasteiger partial charge is 0.284 e. The Labute approximate surface area is 98.7 Å². The Kier molecular flexibility index (Phi) is 3.58. The Morgan fingerprint density at radius 2 is 2.50 bits per heavy atom. The highest BCUT2D eigenvalue weighted by molar-refractivity contribution is 7.14. The Balaban J connectivity index is 1.89. The van der Waals surface area contributed by atoms with Crippen molar-refractivity contribution < 1.29 is 9.63 Å². The molecule has 0 aromatic carbocycles. The van der Waals surface area contributed by atoms with Gasteiger partial charge >= 0.3 is 0 Å². The van der Waals surface area contributed by atoms with Gasteiger partial charge in [-0.2, -0.15) is 0 Å². The van der Waals surface area contributed by atoms with Crippen LogP contribution in [0.2, 0.25) is 0 Å². The fourth-order valence-electron chi connectivity index (χ4n) is 1.73. The van der Waals surface area contributed by atoms with E-state index in [1.54, 1.807) is 11.3 Å². The molecule has 1 atom stereocenters. The van der Waals surface area contributed by atoms with Crippen LogP contribution in [0.3, 0.4) is 0 Å². The zero-order valence-corrected chi connectivity index (χ0v) is 10.1. The van der Waals surface area contributed by atoms with Crippen LogP contribution in [0, 0.1) is 0 Å². The molecule has 0 bridgehead atoms. The fraction of sp³-hybridized carbons (Fsp3) is 0.545. The van der Waals surface area contributed by atoms with Crippen LogP contribution < -0.4 is 11.2 Å². The van der Waals surface area contributed by atoms with Gasteiger partial charge in [-0.1, -0.05) is 0 Å². The van der Waals surface area contributed by atoms with Gasteiger partial charge in [0.25, 0.3) is 5.91 Å². The molecule has 1 heterocycles. The molecule has 16 heavy (non-hydrogen) atoms. The summed E-state index contributed by atoms with van der Waals surface area (Å²) in [5, 5.41) is 0. The van der Waals surface area contributed by atoms with Gasteiger partial charge in [-0.3, -0.25) is 9.63 Å². The molecule has 4 nitrogen and oxygen atoms in total. The quantitative estimate of drug-likeness (QED) is 0.778. The summed E-state index contributed by atoms with van der Waals surface area (Å²) in [7, 11) is 0. The third-order valence-corrected chi connectivity index (χ3v) is 3.72. The highest BCUT2D eigenvalue weighted by atomic mass is 32.1. The molecule has 1 aliphatic carbocycles. The summed E-state index contributed by atoms with van der Waals surface area (Å²) in [5.41, 5.74) is 9.23. The van der Waals surface area contributed by atoms with Crippen molar-refractivity contribution in [1.82, 2.24) is 5.48 Å². The van der Waals surface area contributed by atoms with Crippen molar-refractivity contribution in [1.29, 1.82) is 0 Å². The van der Waals surface area contributed by atoms with Crippen molar-refractivity contribution in [3.05, 3.63) is 21.4 Å². The van der Waals surface area contributed by atoms with Gasteiger partial charge in [0.15, 0.2) is 0 Å². The number of hydroxylamine groups is 1. The van der Waals surface area contributed by atoms with Crippen LogP contribution in [0.25, 0.3) is 0 Å². The van der Waals surface area contributed by atoms with E-state index in [9.17, 15) is 4.79 Å². The van der Waals surface area contributed by atoms with Crippen molar-refractivity contribution in [2.75, 3.05) is 6.61 Å². The number of hydrogen-bond acceptors (Lipinski definition) is 4. The van der Waals surface area contributed by atoms with Gasteiger partial charge in [-0.05, 0) is 37.8 Å². The highest BCUT2D eigenvalue weighted by Crippen LogP contribution is 2.30. The third-order valence-electron chi connectivity index (χ3n) is 2.48. The summed E-state index contributed by atoms with van der Waals surface area (Å²) in [6.45, 7) is 2.16. The van der Waals surface area contributed by atoms with Gasteiger partial charge in [-0.15, -0.1) is 11.3 Å². The standard InChI is InChI=1S/C11H16N2O2S/c1-7(12)6-15-13-11(14)10-5-8-3-2-4-9(8)16-10/h5,7H,2-4,6,12H2,1H3,(H,13,14). The summed E-state index contributed by atoms with van der Waals surface area (Å²) in [5.74, 6) is -0.167. The maximum Gasteiger partial charge on any atom is 0.284 e. The molecule has 0 fully saturated rings. The lowest BCUT2D eigenvalue weighted by Crippen LogP contribution is -2.30. The molecule has 2 rings (SSSR count). The summed E-state index contributed by atoms with van der Waals surface area (Å²) >= 11 is 1.57. The molecule has 0 radical (unpaired) electrons. The largest absolute Gasteiger partial charge is 0.326 e. The number of hydrogen-bond donors (Lipinski definition) is 2. The first-order valence-electron chi connectivity index (χ1n) is 5.46. The number of nitrogens with one attached hydrogen (secondary N) is 1. The summed E-state index contributed by atoms with van der Waals surface area (Å²) in [6.07, 6.45) is 3.41.